The number of benzene rings is 2. The number of rotatable bonds is 4. The lowest BCUT2D eigenvalue weighted by atomic mass is 10.1. The van der Waals surface area contributed by atoms with E-state index in [0.717, 1.165) is 27.3 Å². The van der Waals surface area contributed by atoms with Gasteiger partial charge in [0.05, 0.1) is 0 Å². The SMILES string of the molecule is O=C(NCc1ccc2c(c1)OCO2)[C@@H]1[CH]SCC(c2ccc(Br)cc2)N1. The molecule has 2 aliphatic heterocycles. The van der Waals surface area contributed by atoms with Gasteiger partial charge in [-0.25, -0.2) is 0 Å². The van der Waals surface area contributed by atoms with Crippen LogP contribution in [0.2, 0.25) is 0 Å². The highest BCUT2D eigenvalue weighted by molar-refractivity contribution is 9.10. The average Bonchev–Trinajstić information content (AvgIpc) is 3.14. The lowest BCUT2D eigenvalue weighted by molar-refractivity contribution is -0.122. The molecule has 26 heavy (non-hydrogen) atoms. The summed E-state index contributed by atoms with van der Waals surface area (Å²) >= 11 is 5.13. The molecule has 0 spiro atoms. The van der Waals surface area contributed by atoms with Crippen LogP contribution in [-0.4, -0.2) is 24.5 Å². The molecule has 5 nitrogen and oxygen atoms in total. The monoisotopic (exact) mass is 433 g/mol. The Kier molecular flexibility index (Phi) is 5.38. The molecule has 2 aromatic carbocycles. The topological polar surface area (TPSA) is 59.6 Å². The summed E-state index contributed by atoms with van der Waals surface area (Å²) in [5.41, 5.74) is 2.16. The molecule has 4 rings (SSSR count). The molecule has 0 bridgehead atoms. The molecule has 1 unspecified atom stereocenters. The van der Waals surface area contributed by atoms with Gasteiger partial charge in [0.2, 0.25) is 12.7 Å². The van der Waals surface area contributed by atoms with Crippen molar-refractivity contribution < 1.29 is 14.3 Å². The Bertz CT molecular complexity index is 800. The zero-order valence-electron chi connectivity index (χ0n) is 13.9. The van der Waals surface area contributed by atoms with Gasteiger partial charge in [0.1, 0.15) is 6.04 Å². The van der Waals surface area contributed by atoms with Crippen molar-refractivity contribution in [3.8, 4) is 11.5 Å². The summed E-state index contributed by atoms with van der Waals surface area (Å²) in [6.45, 7) is 0.704. The third-order valence-electron chi connectivity index (χ3n) is 4.33. The van der Waals surface area contributed by atoms with Gasteiger partial charge in [0.15, 0.2) is 11.5 Å². The first-order chi connectivity index (χ1) is 12.7. The van der Waals surface area contributed by atoms with Crippen molar-refractivity contribution in [1.82, 2.24) is 10.6 Å². The summed E-state index contributed by atoms with van der Waals surface area (Å²) in [4.78, 5) is 12.6. The average molecular weight is 434 g/mol. The number of halogens is 1. The van der Waals surface area contributed by atoms with Crippen molar-refractivity contribution in [2.45, 2.75) is 18.6 Å². The highest BCUT2D eigenvalue weighted by atomic mass is 79.9. The van der Waals surface area contributed by atoms with Gasteiger partial charge < -0.3 is 14.8 Å². The van der Waals surface area contributed by atoms with Gasteiger partial charge in [0.25, 0.3) is 0 Å². The number of amides is 1. The van der Waals surface area contributed by atoms with E-state index < -0.39 is 0 Å². The zero-order valence-corrected chi connectivity index (χ0v) is 16.3. The molecule has 0 aromatic heterocycles. The molecule has 1 amide bonds. The number of fused-ring (bicyclic) bond motifs is 1. The van der Waals surface area contributed by atoms with E-state index in [-0.39, 0.29) is 24.8 Å². The van der Waals surface area contributed by atoms with Crippen molar-refractivity contribution >= 4 is 33.6 Å². The van der Waals surface area contributed by atoms with Crippen LogP contribution in [0.4, 0.5) is 0 Å². The Balaban J connectivity index is 1.34. The number of nitrogens with one attached hydrogen (secondary N) is 2. The van der Waals surface area contributed by atoms with Gasteiger partial charge in [-0.05, 0) is 35.4 Å². The fourth-order valence-electron chi connectivity index (χ4n) is 2.93. The number of hydrogen-bond donors (Lipinski definition) is 2. The van der Waals surface area contributed by atoms with Gasteiger partial charge in [-0.1, -0.05) is 34.1 Å². The van der Waals surface area contributed by atoms with Crippen LogP contribution in [0.3, 0.4) is 0 Å². The molecule has 2 aliphatic rings. The Morgan fingerprint density at radius 2 is 2.00 bits per heavy atom. The minimum absolute atomic E-state index is 0.0306. The number of thioether (sulfide) groups is 1. The number of ether oxygens (including phenoxy) is 2. The second-order valence-electron chi connectivity index (χ2n) is 6.12. The van der Waals surface area contributed by atoms with Crippen LogP contribution in [0.25, 0.3) is 0 Å². The highest BCUT2D eigenvalue weighted by Crippen LogP contribution is 2.32. The molecule has 0 saturated carbocycles. The maximum atomic E-state index is 12.6. The Morgan fingerprint density at radius 1 is 1.19 bits per heavy atom. The van der Waals surface area contributed by atoms with Crippen LogP contribution >= 0.6 is 27.7 Å². The molecule has 2 aromatic rings. The lowest BCUT2D eigenvalue weighted by Crippen LogP contribution is -2.48. The maximum absolute atomic E-state index is 12.6. The van der Waals surface area contributed by atoms with Crippen LogP contribution in [0.5, 0.6) is 11.5 Å². The van der Waals surface area contributed by atoms with Gasteiger partial charge in [-0.15, -0.1) is 0 Å². The lowest BCUT2D eigenvalue weighted by Gasteiger charge is -2.30. The van der Waals surface area contributed by atoms with Gasteiger partial charge in [-0.2, -0.15) is 11.8 Å². The summed E-state index contributed by atoms with van der Waals surface area (Å²) in [6, 6.07) is 13.7. The quantitative estimate of drug-likeness (QED) is 0.773. The summed E-state index contributed by atoms with van der Waals surface area (Å²) in [5.74, 6) is 4.32. The smallest absolute Gasteiger partial charge is 0.238 e. The molecule has 1 fully saturated rings. The van der Waals surface area contributed by atoms with E-state index in [2.05, 4.69) is 38.7 Å². The highest BCUT2D eigenvalue weighted by Gasteiger charge is 2.28. The van der Waals surface area contributed by atoms with E-state index in [9.17, 15) is 4.79 Å². The van der Waals surface area contributed by atoms with Crippen molar-refractivity contribution in [2.24, 2.45) is 0 Å². The molecule has 2 atom stereocenters. The van der Waals surface area contributed by atoms with Gasteiger partial charge >= 0.3 is 0 Å². The first-order valence-corrected chi connectivity index (χ1v) is 10.2. The van der Waals surface area contributed by atoms with Crippen LogP contribution in [0, 0.1) is 5.75 Å². The summed E-state index contributed by atoms with van der Waals surface area (Å²) in [5, 5.41) is 6.41. The zero-order chi connectivity index (χ0) is 17.9. The molecule has 135 valence electrons. The first-order valence-electron chi connectivity index (χ1n) is 8.32. The summed E-state index contributed by atoms with van der Waals surface area (Å²) < 4.78 is 11.7. The van der Waals surface area contributed by atoms with Crippen molar-refractivity contribution in [1.29, 1.82) is 0 Å². The van der Waals surface area contributed by atoms with Crippen molar-refractivity contribution in [2.75, 3.05) is 12.5 Å². The molecule has 2 heterocycles. The second-order valence-corrected chi connectivity index (χ2v) is 7.98. The molecular formula is C19H18BrN2O3S. The minimum Gasteiger partial charge on any atom is -0.454 e. The van der Waals surface area contributed by atoms with E-state index in [1.165, 1.54) is 5.56 Å². The van der Waals surface area contributed by atoms with E-state index in [4.69, 9.17) is 9.47 Å². The van der Waals surface area contributed by atoms with Crippen molar-refractivity contribution in [3.05, 3.63) is 63.8 Å². The largest absolute Gasteiger partial charge is 0.454 e. The minimum atomic E-state index is -0.323. The summed E-state index contributed by atoms with van der Waals surface area (Å²) in [7, 11) is 0. The molecule has 2 N–H and O–H groups in total. The fourth-order valence-corrected chi connectivity index (χ4v) is 4.18. The van der Waals surface area contributed by atoms with Crippen LogP contribution in [0.15, 0.2) is 46.9 Å². The molecule has 1 radical (unpaired) electrons. The fraction of sp³-hybridized carbons (Fsp3) is 0.263. The molecule has 7 heteroatoms. The number of carbonyl (C=O) groups excluding carboxylic acids is 1. The van der Waals surface area contributed by atoms with E-state index in [0.29, 0.717) is 6.54 Å². The second kappa shape index (κ2) is 7.90. The predicted octanol–water partition coefficient (Wildman–Crippen LogP) is 3.40. The Labute approximate surface area is 165 Å². The van der Waals surface area contributed by atoms with E-state index >= 15 is 0 Å². The molecular weight excluding hydrogens is 416 g/mol. The number of carbonyl (C=O) groups is 1. The molecule has 1 saturated heterocycles. The first kappa shape index (κ1) is 17.7. The maximum Gasteiger partial charge on any atom is 0.238 e. The Morgan fingerprint density at radius 3 is 2.85 bits per heavy atom. The summed E-state index contributed by atoms with van der Waals surface area (Å²) in [6.07, 6.45) is 0. The van der Waals surface area contributed by atoms with Crippen molar-refractivity contribution in [3.63, 3.8) is 0 Å². The number of hydrogen-bond acceptors (Lipinski definition) is 5. The van der Waals surface area contributed by atoms with Crippen LogP contribution < -0.4 is 20.1 Å². The normalized spacial score (nSPS) is 21.4. The molecule has 0 aliphatic carbocycles. The van der Waals surface area contributed by atoms with E-state index in [1.54, 1.807) is 11.8 Å². The third-order valence-corrected chi connectivity index (χ3v) is 5.85. The van der Waals surface area contributed by atoms with Gasteiger partial charge in [-0.3, -0.25) is 10.1 Å². The van der Waals surface area contributed by atoms with Crippen LogP contribution in [0.1, 0.15) is 17.2 Å². The van der Waals surface area contributed by atoms with E-state index in [1.807, 2.05) is 36.1 Å². The Hall–Kier alpha value is -1.70. The third kappa shape index (κ3) is 4.00. The standard InChI is InChI=1S/C19H18BrN2O3S/c20-14-4-2-13(3-5-14)15-9-26-10-16(22-15)19(23)21-8-12-1-6-17-18(7-12)25-11-24-17/h1-7,10,15-16,22H,8-9,11H2,(H,21,23)/t15?,16-/m0/s1. The predicted molar refractivity (Wildman–Crippen MR) is 105 cm³/mol. The van der Waals surface area contributed by atoms with Gasteiger partial charge in [0, 0.05) is 28.6 Å². The van der Waals surface area contributed by atoms with Crippen LogP contribution in [-0.2, 0) is 11.3 Å².